The molecule has 1 fully saturated rings. The fourth-order valence-electron chi connectivity index (χ4n) is 2.91. The molecule has 1 N–H and O–H groups in total. The highest BCUT2D eigenvalue weighted by Gasteiger charge is 2.29. The Kier molecular flexibility index (Phi) is 6.06. The van der Waals surface area contributed by atoms with Gasteiger partial charge in [0.05, 0.1) is 5.69 Å². The zero-order chi connectivity index (χ0) is 15.3. The Hall–Kier alpha value is -0.610. The predicted octanol–water partition coefficient (Wildman–Crippen LogP) is 4.22. The number of aromatic nitrogens is 1. The lowest BCUT2D eigenvalue weighted by Gasteiger charge is -2.38. The van der Waals surface area contributed by atoms with Crippen molar-refractivity contribution < 1.29 is 0 Å². The third-order valence-electron chi connectivity index (χ3n) is 4.88. The van der Waals surface area contributed by atoms with Crippen molar-refractivity contribution >= 4 is 16.5 Å². The molecule has 0 aliphatic carbocycles. The van der Waals surface area contributed by atoms with E-state index in [-0.39, 0.29) is 0 Å². The lowest BCUT2D eigenvalue weighted by molar-refractivity contribution is 0.238. The SMILES string of the molecule is CCCc1nc(N2CCC(C)(CC)CC2)sc1CNCC. The number of nitrogens with zero attached hydrogens (tertiary/aromatic N) is 2. The molecule has 2 rings (SSSR count). The van der Waals surface area contributed by atoms with Gasteiger partial charge in [-0.15, -0.1) is 11.3 Å². The zero-order valence-corrected chi connectivity index (χ0v) is 15.0. The first-order valence-electron chi connectivity index (χ1n) is 8.56. The molecular formula is C17H31N3S. The Morgan fingerprint density at radius 1 is 1.24 bits per heavy atom. The van der Waals surface area contributed by atoms with E-state index in [0.717, 1.165) is 19.5 Å². The number of hydrogen-bond acceptors (Lipinski definition) is 4. The van der Waals surface area contributed by atoms with Gasteiger partial charge in [0.15, 0.2) is 5.13 Å². The van der Waals surface area contributed by atoms with Crippen LogP contribution < -0.4 is 10.2 Å². The van der Waals surface area contributed by atoms with Gasteiger partial charge in [0.25, 0.3) is 0 Å². The number of nitrogens with one attached hydrogen (secondary N) is 1. The topological polar surface area (TPSA) is 28.2 Å². The van der Waals surface area contributed by atoms with Crippen LogP contribution in [0.4, 0.5) is 5.13 Å². The number of aryl methyl sites for hydroxylation is 1. The van der Waals surface area contributed by atoms with E-state index in [1.54, 1.807) is 0 Å². The first-order chi connectivity index (χ1) is 10.1. The molecule has 0 atom stereocenters. The molecule has 0 unspecified atom stereocenters. The van der Waals surface area contributed by atoms with Crippen LogP contribution in [0.1, 0.15) is 63.9 Å². The molecule has 120 valence electrons. The predicted molar refractivity (Wildman–Crippen MR) is 93.3 cm³/mol. The Labute approximate surface area is 134 Å². The maximum absolute atomic E-state index is 4.95. The molecule has 1 aliphatic rings. The third-order valence-corrected chi connectivity index (χ3v) is 6.04. The molecule has 3 nitrogen and oxygen atoms in total. The molecule has 0 saturated carbocycles. The van der Waals surface area contributed by atoms with Crippen LogP contribution in [0.15, 0.2) is 0 Å². The smallest absolute Gasteiger partial charge is 0.185 e. The third kappa shape index (κ3) is 4.19. The molecule has 0 amide bonds. The number of piperidine rings is 1. The van der Waals surface area contributed by atoms with E-state index in [4.69, 9.17) is 4.98 Å². The first-order valence-corrected chi connectivity index (χ1v) is 9.37. The molecule has 0 spiro atoms. The van der Waals surface area contributed by atoms with Gasteiger partial charge in [0.2, 0.25) is 0 Å². The molecule has 1 saturated heterocycles. The van der Waals surface area contributed by atoms with Crippen molar-refractivity contribution in [3.05, 3.63) is 10.6 Å². The second-order valence-corrected chi connectivity index (χ2v) is 7.61. The normalized spacial score (nSPS) is 18.2. The van der Waals surface area contributed by atoms with Gasteiger partial charge in [0, 0.05) is 24.5 Å². The summed E-state index contributed by atoms with van der Waals surface area (Å²) in [5.41, 5.74) is 1.87. The van der Waals surface area contributed by atoms with Crippen LogP contribution in [0.25, 0.3) is 0 Å². The van der Waals surface area contributed by atoms with Crippen LogP contribution in [-0.2, 0) is 13.0 Å². The minimum absolute atomic E-state index is 0.548. The quantitative estimate of drug-likeness (QED) is 0.817. The molecule has 21 heavy (non-hydrogen) atoms. The molecule has 1 aliphatic heterocycles. The van der Waals surface area contributed by atoms with Crippen molar-refractivity contribution in [1.82, 2.24) is 10.3 Å². The monoisotopic (exact) mass is 309 g/mol. The number of anilines is 1. The molecule has 0 radical (unpaired) electrons. The summed E-state index contributed by atoms with van der Waals surface area (Å²) in [6.45, 7) is 13.5. The standard InChI is InChI=1S/C17H31N3S/c1-5-8-14-15(13-18-7-3)21-16(19-14)20-11-9-17(4,6-2)10-12-20/h18H,5-13H2,1-4H3. The molecule has 0 bridgehead atoms. The second-order valence-electron chi connectivity index (χ2n) is 6.55. The highest BCUT2D eigenvalue weighted by Crippen LogP contribution is 2.37. The van der Waals surface area contributed by atoms with E-state index in [9.17, 15) is 0 Å². The Bertz CT molecular complexity index is 433. The van der Waals surface area contributed by atoms with Crippen molar-refractivity contribution in [2.24, 2.45) is 5.41 Å². The molecule has 2 heterocycles. The highest BCUT2D eigenvalue weighted by molar-refractivity contribution is 7.15. The van der Waals surface area contributed by atoms with Crippen molar-refractivity contribution in [3.8, 4) is 0 Å². The minimum Gasteiger partial charge on any atom is -0.348 e. The number of rotatable bonds is 7. The summed E-state index contributed by atoms with van der Waals surface area (Å²) < 4.78 is 0. The van der Waals surface area contributed by atoms with Crippen LogP contribution >= 0.6 is 11.3 Å². The van der Waals surface area contributed by atoms with Gasteiger partial charge in [-0.3, -0.25) is 0 Å². The van der Waals surface area contributed by atoms with Crippen molar-refractivity contribution in [2.45, 2.75) is 66.3 Å². The van der Waals surface area contributed by atoms with Crippen molar-refractivity contribution in [1.29, 1.82) is 0 Å². The van der Waals surface area contributed by atoms with Crippen LogP contribution in [0.5, 0.6) is 0 Å². The van der Waals surface area contributed by atoms with E-state index in [0.29, 0.717) is 5.41 Å². The van der Waals surface area contributed by atoms with Crippen LogP contribution in [0.2, 0.25) is 0 Å². The van der Waals surface area contributed by atoms with Crippen LogP contribution in [0, 0.1) is 5.41 Å². The fourth-order valence-corrected chi connectivity index (χ4v) is 4.03. The zero-order valence-electron chi connectivity index (χ0n) is 14.2. The average Bonchev–Trinajstić information content (AvgIpc) is 2.89. The van der Waals surface area contributed by atoms with Gasteiger partial charge in [-0.2, -0.15) is 0 Å². The summed E-state index contributed by atoms with van der Waals surface area (Å²) >= 11 is 1.91. The Morgan fingerprint density at radius 3 is 2.52 bits per heavy atom. The first kappa shape index (κ1) is 16.8. The molecule has 0 aromatic carbocycles. The largest absolute Gasteiger partial charge is 0.348 e. The summed E-state index contributed by atoms with van der Waals surface area (Å²) in [5, 5.41) is 4.71. The Balaban J connectivity index is 2.06. The summed E-state index contributed by atoms with van der Waals surface area (Å²) in [6.07, 6.45) is 6.18. The van der Waals surface area contributed by atoms with E-state index >= 15 is 0 Å². The van der Waals surface area contributed by atoms with E-state index in [1.807, 2.05) is 11.3 Å². The van der Waals surface area contributed by atoms with Gasteiger partial charge in [-0.1, -0.05) is 40.5 Å². The maximum atomic E-state index is 4.95. The van der Waals surface area contributed by atoms with E-state index in [2.05, 4.69) is 37.9 Å². The van der Waals surface area contributed by atoms with Gasteiger partial charge in [0.1, 0.15) is 0 Å². The van der Waals surface area contributed by atoms with E-state index < -0.39 is 0 Å². The summed E-state index contributed by atoms with van der Waals surface area (Å²) in [4.78, 5) is 8.91. The number of hydrogen-bond donors (Lipinski definition) is 1. The highest BCUT2D eigenvalue weighted by atomic mass is 32.1. The maximum Gasteiger partial charge on any atom is 0.185 e. The fraction of sp³-hybridized carbons (Fsp3) is 0.824. The average molecular weight is 310 g/mol. The Morgan fingerprint density at radius 2 is 1.95 bits per heavy atom. The van der Waals surface area contributed by atoms with Gasteiger partial charge >= 0.3 is 0 Å². The lowest BCUT2D eigenvalue weighted by Crippen LogP contribution is -2.38. The molecule has 1 aromatic rings. The molecule has 1 aromatic heterocycles. The summed E-state index contributed by atoms with van der Waals surface area (Å²) in [7, 11) is 0. The van der Waals surface area contributed by atoms with Crippen LogP contribution in [0.3, 0.4) is 0 Å². The second kappa shape index (κ2) is 7.59. The molecule has 4 heteroatoms. The lowest BCUT2D eigenvalue weighted by atomic mass is 9.78. The van der Waals surface area contributed by atoms with Crippen molar-refractivity contribution in [2.75, 3.05) is 24.5 Å². The molecular weight excluding hydrogens is 278 g/mol. The van der Waals surface area contributed by atoms with Crippen LogP contribution in [-0.4, -0.2) is 24.6 Å². The minimum atomic E-state index is 0.548. The number of thiazole rings is 1. The summed E-state index contributed by atoms with van der Waals surface area (Å²) in [6, 6.07) is 0. The van der Waals surface area contributed by atoms with Gasteiger partial charge in [-0.25, -0.2) is 4.98 Å². The van der Waals surface area contributed by atoms with Crippen molar-refractivity contribution in [3.63, 3.8) is 0 Å². The van der Waals surface area contributed by atoms with Gasteiger partial charge < -0.3 is 10.2 Å². The summed E-state index contributed by atoms with van der Waals surface area (Å²) in [5.74, 6) is 0. The van der Waals surface area contributed by atoms with E-state index in [1.165, 1.54) is 54.5 Å². The van der Waals surface area contributed by atoms with Gasteiger partial charge in [-0.05, 0) is 31.2 Å².